The third-order valence-electron chi connectivity index (χ3n) is 3.73. The topological polar surface area (TPSA) is 47.6 Å². The Labute approximate surface area is 106 Å². The summed E-state index contributed by atoms with van der Waals surface area (Å²) in [5, 5.41) is 3.05. The van der Waals surface area contributed by atoms with E-state index in [4.69, 9.17) is 9.47 Å². The predicted octanol–water partition coefficient (Wildman–Crippen LogP) is 2.39. The molecule has 0 saturated heterocycles. The molecule has 4 heteroatoms. The minimum atomic E-state index is 0.00704. The summed E-state index contributed by atoms with van der Waals surface area (Å²) >= 11 is 0. The number of rotatable bonds is 3. The van der Waals surface area contributed by atoms with Crippen LogP contribution < -0.4 is 14.8 Å². The molecule has 1 N–H and O–H groups in total. The smallest absolute Gasteiger partial charge is 0.231 e. The molecule has 1 heterocycles. The molecule has 1 aliphatic carbocycles. The van der Waals surface area contributed by atoms with Crippen molar-refractivity contribution in [2.75, 3.05) is 6.79 Å². The summed E-state index contributed by atoms with van der Waals surface area (Å²) in [4.78, 5) is 11.9. The second-order valence-corrected chi connectivity index (χ2v) is 4.97. The van der Waals surface area contributed by atoms with Crippen LogP contribution in [0.3, 0.4) is 0 Å². The molecular formula is C14H17NO3. The van der Waals surface area contributed by atoms with E-state index in [0.29, 0.717) is 0 Å². The normalized spacial score (nSPS) is 19.2. The van der Waals surface area contributed by atoms with Crippen molar-refractivity contribution < 1.29 is 14.3 Å². The van der Waals surface area contributed by atoms with E-state index >= 15 is 0 Å². The third kappa shape index (κ3) is 2.03. The summed E-state index contributed by atoms with van der Waals surface area (Å²) in [5.41, 5.74) is 1.05. The average molecular weight is 247 g/mol. The van der Waals surface area contributed by atoms with Crippen LogP contribution in [0.15, 0.2) is 18.2 Å². The zero-order chi connectivity index (χ0) is 12.5. The third-order valence-corrected chi connectivity index (χ3v) is 3.73. The van der Waals surface area contributed by atoms with Crippen LogP contribution in [-0.2, 0) is 4.79 Å². The number of hydrogen-bond acceptors (Lipinski definition) is 3. The van der Waals surface area contributed by atoms with Gasteiger partial charge in [-0.15, -0.1) is 0 Å². The van der Waals surface area contributed by atoms with Gasteiger partial charge in [-0.3, -0.25) is 4.79 Å². The molecule has 4 nitrogen and oxygen atoms in total. The predicted molar refractivity (Wildman–Crippen MR) is 66.5 cm³/mol. The molecule has 3 rings (SSSR count). The van der Waals surface area contributed by atoms with Gasteiger partial charge in [0.25, 0.3) is 0 Å². The van der Waals surface area contributed by atoms with Crippen molar-refractivity contribution in [2.24, 2.45) is 5.92 Å². The van der Waals surface area contributed by atoms with Gasteiger partial charge in [0.1, 0.15) is 0 Å². The highest BCUT2D eigenvalue weighted by Crippen LogP contribution is 2.34. The average Bonchev–Trinajstić information content (AvgIpc) is 2.72. The SMILES string of the molecule is C[C@H](NC(=O)C1CCC1)c1ccc2c(c1)OCO2. The van der Waals surface area contributed by atoms with Crippen LogP contribution >= 0.6 is 0 Å². The van der Waals surface area contributed by atoms with E-state index in [9.17, 15) is 4.79 Å². The van der Waals surface area contributed by atoms with Gasteiger partial charge in [-0.05, 0) is 37.5 Å². The van der Waals surface area contributed by atoms with Crippen LogP contribution in [0, 0.1) is 5.92 Å². The minimum Gasteiger partial charge on any atom is -0.454 e. The zero-order valence-electron chi connectivity index (χ0n) is 10.4. The van der Waals surface area contributed by atoms with E-state index in [2.05, 4.69) is 5.32 Å². The number of benzene rings is 1. The van der Waals surface area contributed by atoms with Crippen LogP contribution in [0.2, 0.25) is 0 Å². The summed E-state index contributed by atoms with van der Waals surface area (Å²) in [6.45, 7) is 2.27. The van der Waals surface area contributed by atoms with Gasteiger partial charge in [0.05, 0.1) is 6.04 Å². The molecule has 2 aliphatic rings. The first-order valence-corrected chi connectivity index (χ1v) is 6.44. The molecule has 18 heavy (non-hydrogen) atoms. The van der Waals surface area contributed by atoms with Crippen molar-refractivity contribution in [2.45, 2.75) is 32.2 Å². The molecule has 0 aromatic heterocycles. The Morgan fingerprint density at radius 3 is 2.83 bits per heavy atom. The first kappa shape index (κ1) is 11.4. The number of amides is 1. The number of nitrogens with one attached hydrogen (secondary N) is 1. The van der Waals surface area contributed by atoms with Crippen molar-refractivity contribution in [3.63, 3.8) is 0 Å². The quantitative estimate of drug-likeness (QED) is 0.892. The fourth-order valence-corrected chi connectivity index (χ4v) is 2.27. The Kier molecular flexibility index (Phi) is 2.86. The second-order valence-electron chi connectivity index (χ2n) is 4.97. The lowest BCUT2D eigenvalue weighted by Crippen LogP contribution is -2.35. The lowest BCUT2D eigenvalue weighted by atomic mass is 9.84. The summed E-state index contributed by atoms with van der Waals surface area (Å²) in [7, 11) is 0. The largest absolute Gasteiger partial charge is 0.454 e. The number of ether oxygens (including phenoxy) is 2. The highest BCUT2D eigenvalue weighted by molar-refractivity contribution is 5.79. The first-order valence-electron chi connectivity index (χ1n) is 6.44. The number of fused-ring (bicyclic) bond motifs is 1. The molecule has 1 aliphatic heterocycles. The first-order chi connectivity index (χ1) is 8.74. The highest BCUT2D eigenvalue weighted by atomic mass is 16.7. The fraction of sp³-hybridized carbons (Fsp3) is 0.500. The van der Waals surface area contributed by atoms with Crippen LogP contribution in [0.4, 0.5) is 0 Å². The Bertz CT molecular complexity index is 468. The van der Waals surface area contributed by atoms with Gasteiger partial charge >= 0.3 is 0 Å². The van der Waals surface area contributed by atoms with Gasteiger partial charge < -0.3 is 14.8 Å². The van der Waals surface area contributed by atoms with Crippen LogP contribution in [-0.4, -0.2) is 12.7 Å². The monoisotopic (exact) mass is 247 g/mol. The number of carbonyl (C=O) groups is 1. The molecule has 1 aromatic carbocycles. The van der Waals surface area contributed by atoms with Crippen LogP contribution in [0.5, 0.6) is 11.5 Å². The van der Waals surface area contributed by atoms with E-state index in [1.807, 2.05) is 25.1 Å². The molecule has 0 radical (unpaired) electrons. The summed E-state index contributed by atoms with van der Waals surface area (Å²) in [6.07, 6.45) is 3.23. The molecule has 0 unspecified atom stereocenters. The molecule has 1 fully saturated rings. The lowest BCUT2D eigenvalue weighted by Gasteiger charge is -2.26. The number of carbonyl (C=O) groups excluding carboxylic acids is 1. The van der Waals surface area contributed by atoms with Gasteiger partial charge in [0, 0.05) is 5.92 Å². The van der Waals surface area contributed by atoms with Gasteiger partial charge in [0.15, 0.2) is 11.5 Å². The van der Waals surface area contributed by atoms with Crippen LogP contribution in [0.25, 0.3) is 0 Å². The Hall–Kier alpha value is -1.71. The van der Waals surface area contributed by atoms with Crippen molar-refractivity contribution >= 4 is 5.91 Å². The van der Waals surface area contributed by atoms with Crippen LogP contribution in [0.1, 0.15) is 37.8 Å². The fourth-order valence-electron chi connectivity index (χ4n) is 2.27. The van der Waals surface area contributed by atoms with E-state index in [1.54, 1.807) is 0 Å². The second kappa shape index (κ2) is 4.52. The van der Waals surface area contributed by atoms with Gasteiger partial charge in [-0.25, -0.2) is 0 Å². The molecular weight excluding hydrogens is 230 g/mol. The van der Waals surface area contributed by atoms with Crippen molar-refractivity contribution in [3.05, 3.63) is 23.8 Å². The zero-order valence-corrected chi connectivity index (χ0v) is 10.4. The lowest BCUT2D eigenvalue weighted by molar-refractivity contribution is -0.128. The molecule has 1 saturated carbocycles. The van der Waals surface area contributed by atoms with Gasteiger partial charge in [0.2, 0.25) is 12.7 Å². The van der Waals surface area contributed by atoms with Crippen molar-refractivity contribution in [1.82, 2.24) is 5.32 Å². The maximum absolute atomic E-state index is 11.9. The van der Waals surface area contributed by atoms with E-state index in [-0.39, 0.29) is 24.7 Å². The van der Waals surface area contributed by atoms with E-state index in [1.165, 1.54) is 6.42 Å². The minimum absolute atomic E-state index is 0.00704. The molecule has 1 amide bonds. The molecule has 0 bridgehead atoms. The molecule has 1 aromatic rings. The Morgan fingerprint density at radius 1 is 1.33 bits per heavy atom. The van der Waals surface area contributed by atoms with Gasteiger partial charge in [-0.2, -0.15) is 0 Å². The maximum Gasteiger partial charge on any atom is 0.231 e. The molecule has 96 valence electrons. The molecule has 1 atom stereocenters. The Balaban J connectivity index is 1.68. The molecule has 0 spiro atoms. The summed E-state index contributed by atoms with van der Waals surface area (Å²) in [6, 6.07) is 5.81. The standard InChI is InChI=1S/C14H17NO3/c1-9(15-14(16)10-3-2-4-10)11-5-6-12-13(7-11)18-8-17-12/h5-7,9-10H,2-4,8H2,1H3,(H,15,16)/t9-/m0/s1. The summed E-state index contributed by atoms with van der Waals surface area (Å²) < 4.78 is 10.6. The van der Waals surface area contributed by atoms with Crippen molar-refractivity contribution in [3.8, 4) is 11.5 Å². The van der Waals surface area contributed by atoms with E-state index in [0.717, 1.165) is 29.9 Å². The Morgan fingerprint density at radius 2 is 2.11 bits per heavy atom. The maximum atomic E-state index is 11.9. The summed E-state index contributed by atoms with van der Waals surface area (Å²) in [5.74, 6) is 1.93. The van der Waals surface area contributed by atoms with E-state index < -0.39 is 0 Å². The number of hydrogen-bond donors (Lipinski definition) is 1. The van der Waals surface area contributed by atoms with Crippen molar-refractivity contribution in [1.29, 1.82) is 0 Å². The van der Waals surface area contributed by atoms with Gasteiger partial charge in [-0.1, -0.05) is 12.5 Å². The highest BCUT2D eigenvalue weighted by Gasteiger charge is 2.26.